The first-order valence-corrected chi connectivity index (χ1v) is 8.30. The molecule has 6 nitrogen and oxygen atoms in total. The normalized spacial score (nSPS) is 23.1. The molecule has 2 rings (SSSR count). The third-order valence-electron chi connectivity index (χ3n) is 3.39. The van der Waals surface area contributed by atoms with Crippen molar-refractivity contribution in [1.29, 1.82) is 0 Å². The molecule has 1 N–H and O–H groups in total. The Balaban J connectivity index is 2.17. The Bertz CT molecular complexity index is 602. The number of morpholine rings is 1. The van der Waals surface area contributed by atoms with Gasteiger partial charge in [-0.25, -0.2) is 13.1 Å². The van der Waals surface area contributed by atoms with Crippen LogP contribution in [0.3, 0.4) is 0 Å². The van der Waals surface area contributed by atoms with E-state index in [9.17, 15) is 13.2 Å². The van der Waals surface area contributed by atoms with Gasteiger partial charge in [0.2, 0.25) is 10.0 Å². The van der Waals surface area contributed by atoms with Gasteiger partial charge in [-0.15, -0.1) is 0 Å². The average Bonchev–Trinajstić information content (AvgIpc) is 2.45. The van der Waals surface area contributed by atoms with Crippen molar-refractivity contribution in [3.63, 3.8) is 0 Å². The van der Waals surface area contributed by atoms with Crippen molar-refractivity contribution in [2.24, 2.45) is 0 Å². The molecule has 1 aromatic carbocycles. The van der Waals surface area contributed by atoms with Crippen molar-refractivity contribution in [3.05, 3.63) is 29.8 Å². The number of carbonyl (C=O) groups excluding carboxylic acids is 1. The molecule has 1 saturated heterocycles. The molecule has 1 aromatic rings. The zero-order valence-corrected chi connectivity index (χ0v) is 13.2. The van der Waals surface area contributed by atoms with Crippen LogP contribution in [-0.2, 0) is 14.8 Å². The summed E-state index contributed by atoms with van der Waals surface area (Å²) in [6.07, 6.45) is 0.00304. The third kappa shape index (κ3) is 3.61. The maximum Gasteiger partial charge on any atom is 0.254 e. The van der Waals surface area contributed by atoms with Crippen LogP contribution in [0, 0.1) is 0 Å². The first-order chi connectivity index (χ1) is 9.83. The van der Waals surface area contributed by atoms with Crippen LogP contribution in [0.1, 0.15) is 24.2 Å². The second-order valence-electron chi connectivity index (χ2n) is 5.20. The summed E-state index contributed by atoms with van der Waals surface area (Å²) in [7, 11) is -2.13. The summed E-state index contributed by atoms with van der Waals surface area (Å²) in [6.45, 7) is 4.94. The molecule has 1 amide bonds. The Morgan fingerprint density at radius 1 is 1.19 bits per heavy atom. The van der Waals surface area contributed by atoms with Gasteiger partial charge in [0.1, 0.15) is 0 Å². The number of rotatable bonds is 3. The fraction of sp³-hybridized carbons (Fsp3) is 0.500. The van der Waals surface area contributed by atoms with Crippen molar-refractivity contribution in [1.82, 2.24) is 9.62 Å². The molecule has 0 aromatic heterocycles. The van der Waals surface area contributed by atoms with Crippen LogP contribution in [0.2, 0.25) is 0 Å². The Hall–Kier alpha value is -1.44. The minimum Gasteiger partial charge on any atom is -0.372 e. The molecule has 0 saturated carbocycles. The van der Waals surface area contributed by atoms with Crippen LogP contribution >= 0.6 is 0 Å². The number of nitrogens with zero attached hydrogens (tertiary/aromatic N) is 1. The number of sulfonamides is 1. The topological polar surface area (TPSA) is 75.7 Å². The number of benzene rings is 1. The van der Waals surface area contributed by atoms with Gasteiger partial charge in [-0.3, -0.25) is 4.79 Å². The van der Waals surface area contributed by atoms with Crippen molar-refractivity contribution in [3.8, 4) is 0 Å². The monoisotopic (exact) mass is 312 g/mol. The minimum atomic E-state index is -3.48. The second-order valence-corrected chi connectivity index (χ2v) is 7.09. The number of hydrogen-bond donors (Lipinski definition) is 1. The Morgan fingerprint density at radius 2 is 1.71 bits per heavy atom. The van der Waals surface area contributed by atoms with E-state index in [1.54, 1.807) is 4.90 Å². The molecule has 2 unspecified atom stereocenters. The molecule has 0 bridgehead atoms. The Labute approximate surface area is 125 Å². The van der Waals surface area contributed by atoms with Crippen molar-refractivity contribution >= 4 is 15.9 Å². The molecule has 0 radical (unpaired) electrons. The maximum absolute atomic E-state index is 12.4. The van der Waals surface area contributed by atoms with Crippen molar-refractivity contribution in [2.45, 2.75) is 31.0 Å². The lowest BCUT2D eigenvalue weighted by Crippen LogP contribution is -2.48. The lowest BCUT2D eigenvalue weighted by molar-refractivity contribution is -0.0586. The zero-order chi connectivity index (χ0) is 15.6. The highest BCUT2D eigenvalue weighted by atomic mass is 32.2. The van der Waals surface area contributed by atoms with Crippen molar-refractivity contribution in [2.75, 3.05) is 20.1 Å². The standard InChI is InChI=1S/C14H20N2O4S/c1-10-8-16(9-11(2)20-10)14(17)12-4-6-13(7-5-12)21(18,19)15-3/h4-7,10-11,15H,8-9H2,1-3H3. The van der Waals surface area contributed by atoms with Gasteiger partial charge in [0.15, 0.2) is 0 Å². The summed E-state index contributed by atoms with van der Waals surface area (Å²) in [4.78, 5) is 14.3. The van der Waals surface area contributed by atoms with E-state index in [2.05, 4.69) is 4.72 Å². The third-order valence-corrected chi connectivity index (χ3v) is 4.82. The minimum absolute atomic E-state index is 0.00152. The SMILES string of the molecule is CNS(=O)(=O)c1ccc(C(=O)N2CC(C)OC(C)C2)cc1. The fourth-order valence-electron chi connectivity index (χ4n) is 2.42. The fourth-order valence-corrected chi connectivity index (χ4v) is 3.15. The summed E-state index contributed by atoms with van der Waals surface area (Å²) < 4.78 is 31.1. The predicted molar refractivity (Wildman–Crippen MR) is 78.6 cm³/mol. The lowest BCUT2D eigenvalue weighted by atomic mass is 10.1. The molecule has 1 aliphatic heterocycles. The van der Waals surface area contributed by atoms with E-state index in [4.69, 9.17) is 4.74 Å². The molecular weight excluding hydrogens is 292 g/mol. The van der Waals surface area contributed by atoms with E-state index in [-0.39, 0.29) is 23.0 Å². The number of hydrogen-bond acceptors (Lipinski definition) is 4. The Morgan fingerprint density at radius 3 is 2.19 bits per heavy atom. The van der Waals surface area contributed by atoms with E-state index in [0.29, 0.717) is 18.7 Å². The van der Waals surface area contributed by atoms with Gasteiger partial charge < -0.3 is 9.64 Å². The number of nitrogens with one attached hydrogen (secondary N) is 1. The summed E-state index contributed by atoms with van der Waals surface area (Å²) >= 11 is 0. The summed E-state index contributed by atoms with van der Waals surface area (Å²) in [5, 5.41) is 0. The maximum atomic E-state index is 12.4. The molecule has 1 aliphatic rings. The molecular formula is C14H20N2O4S. The molecule has 7 heteroatoms. The summed E-state index contributed by atoms with van der Waals surface area (Å²) in [5.74, 6) is -0.106. The van der Waals surface area contributed by atoms with Crippen LogP contribution in [0.15, 0.2) is 29.2 Å². The quantitative estimate of drug-likeness (QED) is 0.897. The smallest absolute Gasteiger partial charge is 0.254 e. The number of carbonyl (C=O) groups is 1. The van der Waals surface area contributed by atoms with Crippen LogP contribution < -0.4 is 4.72 Å². The van der Waals surface area contributed by atoms with E-state index in [0.717, 1.165) is 0 Å². The lowest BCUT2D eigenvalue weighted by Gasteiger charge is -2.35. The van der Waals surface area contributed by atoms with Crippen LogP contribution in [0.5, 0.6) is 0 Å². The van der Waals surface area contributed by atoms with Gasteiger partial charge in [-0.05, 0) is 45.2 Å². The summed E-state index contributed by atoms with van der Waals surface area (Å²) in [6, 6.07) is 5.95. The number of amides is 1. The van der Waals surface area contributed by atoms with Gasteiger partial charge in [0.05, 0.1) is 17.1 Å². The molecule has 1 heterocycles. The largest absolute Gasteiger partial charge is 0.372 e. The Kier molecular flexibility index (Phi) is 4.65. The second kappa shape index (κ2) is 6.13. The molecule has 21 heavy (non-hydrogen) atoms. The van der Waals surface area contributed by atoms with E-state index < -0.39 is 10.0 Å². The first-order valence-electron chi connectivity index (χ1n) is 6.82. The molecule has 2 atom stereocenters. The number of ether oxygens (including phenoxy) is 1. The van der Waals surface area contributed by atoms with Gasteiger partial charge in [-0.2, -0.15) is 0 Å². The van der Waals surface area contributed by atoms with Crippen LogP contribution in [0.25, 0.3) is 0 Å². The molecule has 0 aliphatic carbocycles. The predicted octanol–water partition coefficient (Wildman–Crippen LogP) is 0.844. The molecule has 1 fully saturated rings. The first kappa shape index (κ1) is 15.9. The summed E-state index contributed by atoms with van der Waals surface area (Å²) in [5.41, 5.74) is 0.478. The van der Waals surface area contributed by atoms with Gasteiger partial charge >= 0.3 is 0 Å². The van der Waals surface area contributed by atoms with Crippen LogP contribution in [-0.4, -0.2) is 51.6 Å². The highest BCUT2D eigenvalue weighted by molar-refractivity contribution is 7.89. The molecule has 116 valence electrons. The van der Waals surface area contributed by atoms with Gasteiger partial charge in [-0.1, -0.05) is 0 Å². The molecule has 0 spiro atoms. The van der Waals surface area contributed by atoms with Gasteiger partial charge in [0.25, 0.3) is 5.91 Å². The highest BCUT2D eigenvalue weighted by Crippen LogP contribution is 2.16. The van der Waals surface area contributed by atoms with E-state index >= 15 is 0 Å². The van der Waals surface area contributed by atoms with E-state index in [1.165, 1.54) is 31.3 Å². The van der Waals surface area contributed by atoms with Crippen LogP contribution in [0.4, 0.5) is 0 Å². The average molecular weight is 312 g/mol. The van der Waals surface area contributed by atoms with E-state index in [1.807, 2.05) is 13.8 Å². The highest BCUT2D eigenvalue weighted by Gasteiger charge is 2.26. The van der Waals surface area contributed by atoms with Crippen molar-refractivity contribution < 1.29 is 17.9 Å². The van der Waals surface area contributed by atoms with Gasteiger partial charge in [0, 0.05) is 18.7 Å². The zero-order valence-electron chi connectivity index (χ0n) is 12.4.